The van der Waals surface area contributed by atoms with Gasteiger partial charge in [-0.1, -0.05) is 50.3 Å². The number of carbonyl (C=O) groups is 1. The molecule has 1 fully saturated rings. The second kappa shape index (κ2) is 10.5. The molecule has 0 bridgehead atoms. The molecule has 2 aliphatic rings. The SMILES string of the molecule is C/C=C\C(=C/C)C1=NSC(N2CCC(c3ccccc3F)CC2=O)C1.CC. The van der Waals surface area contributed by atoms with Gasteiger partial charge >= 0.3 is 0 Å². The molecule has 2 heterocycles. The summed E-state index contributed by atoms with van der Waals surface area (Å²) in [5.41, 5.74) is 2.82. The molecule has 27 heavy (non-hydrogen) atoms. The minimum absolute atomic E-state index is 0.0223. The summed E-state index contributed by atoms with van der Waals surface area (Å²) in [7, 11) is 0. The van der Waals surface area contributed by atoms with E-state index in [0.717, 1.165) is 24.1 Å². The number of piperidine rings is 1. The van der Waals surface area contributed by atoms with E-state index in [1.165, 1.54) is 18.0 Å². The zero-order valence-electron chi connectivity index (χ0n) is 16.6. The lowest BCUT2D eigenvalue weighted by Crippen LogP contribution is -2.43. The third kappa shape index (κ3) is 5.10. The second-order valence-corrected chi connectivity index (χ2v) is 7.28. The van der Waals surface area contributed by atoms with Gasteiger partial charge in [0.15, 0.2) is 0 Å². The van der Waals surface area contributed by atoms with Crippen LogP contribution in [0.25, 0.3) is 0 Å². The number of hydrogen-bond acceptors (Lipinski definition) is 3. The molecular weight excluding hydrogens is 359 g/mol. The van der Waals surface area contributed by atoms with Gasteiger partial charge in [0.25, 0.3) is 0 Å². The van der Waals surface area contributed by atoms with Crippen molar-refractivity contribution in [2.75, 3.05) is 6.54 Å². The number of carbonyl (C=O) groups excluding carboxylic acids is 1. The lowest BCUT2D eigenvalue weighted by atomic mass is 9.88. The zero-order valence-corrected chi connectivity index (χ0v) is 17.4. The van der Waals surface area contributed by atoms with Crippen LogP contribution in [-0.2, 0) is 4.79 Å². The standard InChI is InChI=1S/C20H23FN2OS.C2H6/c1-3-7-14(4-2)18-13-20(25-22-18)23-11-10-15(12-19(23)24)16-8-5-6-9-17(16)21;1-2/h3-9,15,20H,10-13H2,1-2H3;1-2H3/b7-3-,14-4+;. The fraction of sp³-hybridized carbons (Fsp3) is 0.455. The van der Waals surface area contributed by atoms with Crippen molar-refractivity contribution in [2.24, 2.45) is 4.40 Å². The van der Waals surface area contributed by atoms with Crippen LogP contribution < -0.4 is 0 Å². The van der Waals surface area contributed by atoms with E-state index in [-0.39, 0.29) is 23.0 Å². The number of benzene rings is 1. The first-order valence-corrected chi connectivity index (χ1v) is 10.5. The summed E-state index contributed by atoms with van der Waals surface area (Å²) in [6.07, 6.45) is 8.04. The first-order valence-electron chi connectivity index (χ1n) is 9.70. The lowest BCUT2D eigenvalue weighted by Gasteiger charge is -2.35. The third-order valence-electron chi connectivity index (χ3n) is 4.80. The summed E-state index contributed by atoms with van der Waals surface area (Å²) in [5.74, 6) is -0.133. The maximum Gasteiger partial charge on any atom is 0.224 e. The highest BCUT2D eigenvalue weighted by molar-refractivity contribution is 7.99. The minimum Gasteiger partial charge on any atom is -0.328 e. The van der Waals surface area contributed by atoms with Gasteiger partial charge in [0.05, 0.1) is 5.71 Å². The van der Waals surface area contributed by atoms with Gasteiger partial charge in [0, 0.05) is 19.4 Å². The number of rotatable bonds is 4. The number of nitrogens with zero attached hydrogens (tertiary/aromatic N) is 2. The van der Waals surface area contributed by atoms with E-state index in [0.29, 0.717) is 18.5 Å². The van der Waals surface area contributed by atoms with Crippen LogP contribution >= 0.6 is 11.9 Å². The Bertz CT molecular complexity index is 742. The molecule has 0 radical (unpaired) electrons. The summed E-state index contributed by atoms with van der Waals surface area (Å²) in [6.45, 7) is 8.65. The molecule has 1 amide bonds. The largest absolute Gasteiger partial charge is 0.328 e. The van der Waals surface area contributed by atoms with Crippen LogP contribution in [0.15, 0.2) is 52.5 Å². The van der Waals surface area contributed by atoms with E-state index in [1.807, 2.05) is 56.9 Å². The van der Waals surface area contributed by atoms with Crippen LogP contribution in [0, 0.1) is 5.82 Å². The molecule has 146 valence electrons. The molecular formula is C22H29FN2OS. The zero-order chi connectivity index (χ0) is 19.8. The van der Waals surface area contributed by atoms with Gasteiger partial charge in [0.1, 0.15) is 11.2 Å². The van der Waals surface area contributed by atoms with Gasteiger partial charge in [-0.2, -0.15) is 0 Å². The first-order chi connectivity index (χ1) is 13.1. The highest BCUT2D eigenvalue weighted by Gasteiger charge is 2.35. The van der Waals surface area contributed by atoms with Gasteiger partial charge in [0.2, 0.25) is 5.91 Å². The normalized spacial score (nSPS) is 23.3. The van der Waals surface area contributed by atoms with E-state index >= 15 is 0 Å². The molecule has 0 N–H and O–H groups in total. The van der Waals surface area contributed by atoms with Crippen LogP contribution in [0.2, 0.25) is 0 Å². The summed E-state index contributed by atoms with van der Waals surface area (Å²) in [6, 6.07) is 6.79. The fourth-order valence-electron chi connectivity index (χ4n) is 3.47. The van der Waals surface area contributed by atoms with Crippen LogP contribution in [0.1, 0.15) is 58.4 Å². The average molecular weight is 389 g/mol. The van der Waals surface area contributed by atoms with Crippen molar-refractivity contribution in [3.8, 4) is 0 Å². The monoisotopic (exact) mass is 388 g/mol. The van der Waals surface area contributed by atoms with E-state index in [4.69, 9.17) is 0 Å². The maximum atomic E-state index is 14.0. The lowest BCUT2D eigenvalue weighted by molar-refractivity contribution is -0.134. The van der Waals surface area contributed by atoms with Crippen LogP contribution in [0.4, 0.5) is 4.39 Å². The molecule has 0 aromatic heterocycles. The smallest absolute Gasteiger partial charge is 0.224 e. The fourth-order valence-corrected chi connectivity index (χ4v) is 4.46. The van der Waals surface area contributed by atoms with Gasteiger partial charge in [-0.05, 0) is 55.3 Å². The number of amides is 1. The third-order valence-corrected chi connectivity index (χ3v) is 5.79. The minimum atomic E-state index is -0.210. The Morgan fingerprint density at radius 2 is 2.00 bits per heavy atom. The van der Waals surface area contributed by atoms with Gasteiger partial charge < -0.3 is 4.90 Å². The highest BCUT2D eigenvalue weighted by atomic mass is 32.2. The van der Waals surface area contributed by atoms with E-state index in [1.54, 1.807) is 12.1 Å². The molecule has 1 aromatic rings. The van der Waals surface area contributed by atoms with Crippen molar-refractivity contribution in [1.29, 1.82) is 0 Å². The van der Waals surface area contributed by atoms with Crippen LogP contribution in [-0.4, -0.2) is 28.4 Å². The summed E-state index contributed by atoms with van der Waals surface area (Å²) >= 11 is 1.47. The molecule has 3 nitrogen and oxygen atoms in total. The van der Waals surface area contributed by atoms with Gasteiger partial charge in [-0.15, -0.1) is 0 Å². The van der Waals surface area contributed by atoms with Crippen LogP contribution in [0.5, 0.6) is 0 Å². The Morgan fingerprint density at radius 3 is 2.63 bits per heavy atom. The first kappa shape index (κ1) is 21.4. The van der Waals surface area contributed by atoms with Crippen molar-refractivity contribution in [1.82, 2.24) is 4.90 Å². The van der Waals surface area contributed by atoms with Crippen molar-refractivity contribution >= 4 is 23.6 Å². The molecule has 2 aliphatic heterocycles. The maximum absolute atomic E-state index is 14.0. The molecule has 5 heteroatoms. The van der Waals surface area contributed by atoms with E-state index < -0.39 is 0 Å². The van der Waals surface area contributed by atoms with Crippen LogP contribution in [0.3, 0.4) is 0 Å². The Morgan fingerprint density at radius 1 is 1.26 bits per heavy atom. The predicted octanol–water partition coefficient (Wildman–Crippen LogP) is 5.90. The molecule has 1 aromatic carbocycles. The summed E-state index contributed by atoms with van der Waals surface area (Å²) < 4.78 is 18.6. The molecule has 0 spiro atoms. The number of allylic oxidation sites excluding steroid dienone is 4. The molecule has 2 unspecified atom stereocenters. The summed E-state index contributed by atoms with van der Waals surface area (Å²) in [5, 5.41) is 0.0595. The number of hydrogen-bond donors (Lipinski definition) is 0. The van der Waals surface area contributed by atoms with Crippen molar-refractivity contribution in [2.45, 2.75) is 58.2 Å². The molecule has 3 rings (SSSR count). The average Bonchev–Trinajstić information content (AvgIpc) is 3.17. The number of likely N-dealkylation sites (tertiary alicyclic amines) is 1. The molecule has 2 atom stereocenters. The second-order valence-electron chi connectivity index (χ2n) is 6.34. The van der Waals surface area contributed by atoms with E-state index in [9.17, 15) is 9.18 Å². The molecule has 0 saturated carbocycles. The topological polar surface area (TPSA) is 32.7 Å². The summed E-state index contributed by atoms with van der Waals surface area (Å²) in [4.78, 5) is 14.6. The Labute approximate surface area is 166 Å². The Hall–Kier alpha value is -1.88. The van der Waals surface area contributed by atoms with Crippen molar-refractivity contribution < 1.29 is 9.18 Å². The molecule has 1 saturated heterocycles. The predicted molar refractivity (Wildman–Crippen MR) is 113 cm³/mol. The van der Waals surface area contributed by atoms with Gasteiger partial charge in [-0.3, -0.25) is 4.79 Å². The molecule has 0 aliphatic carbocycles. The highest BCUT2D eigenvalue weighted by Crippen LogP contribution is 2.37. The van der Waals surface area contributed by atoms with Gasteiger partial charge in [-0.25, -0.2) is 8.79 Å². The Balaban J connectivity index is 0.00000126. The van der Waals surface area contributed by atoms with Crippen molar-refractivity contribution in [3.63, 3.8) is 0 Å². The van der Waals surface area contributed by atoms with E-state index in [2.05, 4.69) is 4.40 Å². The number of halogens is 1. The Kier molecular flexibility index (Phi) is 8.29. The van der Waals surface area contributed by atoms with Crippen molar-refractivity contribution in [3.05, 3.63) is 59.4 Å². The quantitative estimate of drug-likeness (QED) is 0.475.